The van der Waals surface area contributed by atoms with Crippen LogP contribution in [-0.4, -0.2) is 23.4 Å². The molecule has 0 bridgehead atoms. The van der Waals surface area contributed by atoms with Crippen LogP contribution in [0.5, 0.6) is 0 Å². The zero-order chi connectivity index (χ0) is 14.7. The van der Waals surface area contributed by atoms with Crippen LogP contribution in [0, 0.1) is 13.8 Å². The third-order valence-corrected chi connectivity index (χ3v) is 5.04. The maximum Gasteiger partial charge on any atom is 0.335 e. The van der Waals surface area contributed by atoms with E-state index in [4.69, 9.17) is 4.74 Å². The van der Waals surface area contributed by atoms with Crippen molar-refractivity contribution in [1.82, 2.24) is 0 Å². The van der Waals surface area contributed by atoms with Crippen molar-refractivity contribution in [2.45, 2.75) is 51.0 Å². The molecule has 20 heavy (non-hydrogen) atoms. The van der Waals surface area contributed by atoms with Crippen LogP contribution in [0.3, 0.4) is 0 Å². The van der Waals surface area contributed by atoms with Crippen molar-refractivity contribution in [2.24, 2.45) is 0 Å². The average Bonchev–Trinajstić information content (AvgIpc) is 2.42. The first-order valence-corrected chi connectivity index (χ1v) is 8.16. The van der Waals surface area contributed by atoms with Gasteiger partial charge in [-0.2, -0.15) is 0 Å². The number of hydrogen-bond donors (Lipinski definition) is 1. The highest BCUT2D eigenvalue weighted by molar-refractivity contribution is 7.99. The largest absolute Gasteiger partial charge is 0.478 e. The molecule has 0 fully saturated rings. The normalized spacial score (nSPS) is 17.9. The third-order valence-electron chi connectivity index (χ3n) is 3.77. The maximum atomic E-state index is 11.4. The summed E-state index contributed by atoms with van der Waals surface area (Å²) >= 11 is 1.82. The summed E-state index contributed by atoms with van der Waals surface area (Å²) < 4.78 is 6.01. The monoisotopic (exact) mass is 294 g/mol. The zero-order valence-corrected chi connectivity index (χ0v) is 13.2. The molecule has 0 saturated heterocycles. The Bertz CT molecular complexity index is 511. The Kier molecular flexibility index (Phi) is 5.11. The standard InChI is InChI=1S/C16H22O3S/c1-4-5-7-19-13-6-8-20-15-10(2)9-12(16(17)18)11(3)14(13)15/h9,13H,4-8H2,1-3H3,(H,17,18). The van der Waals surface area contributed by atoms with E-state index in [9.17, 15) is 9.90 Å². The van der Waals surface area contributed by atoms with Gasteiger partial charge in [0.2, 0.25) is 0 Å². The Hall–Kier alpha value is -1.00. The second kappa shape index (κ2) is 6.64. The van der Waals surface area contributed by atoms with Crippen LogP contribution in [0.1, 0.15) is 59.3 Å². The van der Waals surface area contributed by atoms with Crippen LogP contribution in [-0.2, 0) is 4.74 Å². The molecular weight excluding hydrogens is 272 g/mol. The summed E-state index contributed by atoms with van der Waals surface area (Å²) in [6.07, 6.45) is 3.18. The fourth-order valence-electron chi connectivity index (χ4n) is 2.67. The molecule has 0 saturated carbocycles. The lowest BCUT2D eigenvalue weighted by atomic mass is 9.93. The highest BCUT2D eigenvalue weighted by atomic mass is 32.2. The van der Waals surface area contributed by atoms with Crippen molar-refractivity contribution >= 4 is 17.7 Å². The average molecular weight is 294 g/mol. The van der Waals surface area contributed by atoms with Crippen molar-refractivity contribution in [3.8, 4) is 0 Å². The Morgan fingerprint density at radius 1 is 1.50 bits per heavy atom. The van der Waals surface area contributed by atoms with E-state index in [1.807, 2.05) is 25.6 Å². The molecule has 0 aromatic heterocycles. The molecule has 0 spiro atoms. The van der Waals surface area contributed by atoms with Gasteiger partial charge in [0.25, 0.3) is 0 Å². The lowest BCUT2D eigenvalue weighted by Gasteiger charge is -2.29. The third kappa shape index (κ3) is 3.01. The van der Waals surface area contributed by atoms with Crippen molar-refractivity contribution in [3.05, 3.63) is 28.3 Å². The molecule has 1 aromatic carbocycles. The highest BCUT2D eigenvalue weighted by Crippen LogP contribution is 2.43. The van der Waals surface area contributed by atoms with E-state index in [2.05, 4.69) is 6.92 Å². The summed E-state index contributed by atoms with van der Waals surface area (Å²) in [4.78, 5) is 12.6. The molecule has 1 N–H and O–H groups in total. The number of aryl methyl sites for hydroxylation is 1. The number of fused-ring (bicyclic) bond motifs is 1. The molecule has 1 aliphatic heterocycles. The molecule has 1 unspecified atom stereocenters. The van der Waals surface area contributed by atoms with E-state index in [1.165, 1.54) is 4.90 Å². The van der Waals surface area contributed by atoms with Gasteiger partial charge in [-0.25, -0.2) is 4.79 Å². The molecule has 0 radical (unpaired) electrons. The summed E-state index contributed by atoms with van der Waals surface area (Å²) in [5.74, 6) is 0.188. The summed E-state index contributed by atoms with van der Waals surface area (Å²) in [5, 5.41) is 9.34. The minimum atomic E-state index is -0.851. The van der Waals surface area contributed by atoms with Gasteiger partial charge in [0, 0.05) is 17.3 Å². The van der Waals surface area contributed by atoms with Gasteiger partial charge in [0.1, 0.15) is 0 Å². The lowest BCUT2D eigenvalue weighted by molar-refractivity contribution is 0.0453. The molecule has 3 nitrogen and oxygen atoms in total. The first-order chi connectivity index (χ1) is 9.56. The van der Waals surface area contributed by atoms with Crippen LogP contribution < -0.4 is 0 Å². The number of aromatic carboxylic acids is 1. The number of thioether (sulfide) groups is 1. The second-order valence-electron chi connectivity index (χ2n) is 5.26. The molecule has 110 valence electrons. The van der Waals surface area contributed by atoms with Crippen molar-refractivity contribution in [1.29, 1.82) is 0 Å². The molecule has 4 heteroatoms. The Labute approximate surface area is 124 Å². The quantitative estimate of drug-likeness (QED) is 0.820. The van der Waals surface area contributed by atoms with E-state index < -0.39 is 5.97 Å². The van der Waals surface area contributed by atoms with Gasteiger partial charge >= 0.3 is 5.97 Å². The van der Waals surface area contributed by atoms with Gasteiger partial charge in [0.05, 0.1) is 11.7 Å². The number of rotatable bonds is 5. The first-order valence-electron chi connectivity index (χ1n) is 7.18. The lowest BCUT2D eigenvalue weighted by Crippen LogP contribution is -2.17. The highest BCUT2D eigenvalue weighted by Gasteiger charge is 2.27. The molecule has 1 aliphatic rings. The van der Waals surface area contributed by atoms with Gasteiger partial charge in [-0.15, -0.1) is 11.8 Å². The van der Waals surface area contributed by atoms with E-state index in [1.54, 1.807) is 6.07 Å². The minimum Gasteiger partial charge on any atom is -0.478 e. The number of carboxylic acids is 1. The molecule has 1 aromatic rings. The molecule has 1 heterocycles. The number of unbranched alkanes of at least 4 members (excludes halogenated alkanes) is 1. The Morgan fingerprint density at radius 2 is 2.25 bits per heavy atom. The fraction of sp³-hybridized carbons (Fsp3) is 0.562. The smallest absolute Gasteiger partial charge is 0.335 e. The number of carboxylic acid groups (broad SMARTS) is 1. The molecule has 1 atom stereocenters. The SMILES string of the molecule is CCCCOC1CCSc2c(C)cc(C(=O)O)c(C)c21. The zero-order valence-electron chi connectivity index (χ0n) is 12.4. The minimum absolute atomic E-state index is 0.0517. The Morgan fingerprint density at radius 3 is 2.90 bits per heavy atom. The van der Waals surface area contributed by atoms with E-state index in [0.29, 0.717) is 5.56 Å². The molecular formula is C16H22O3S. The van der Waals surface area contributed by atoms with Crippen molar-refractivity contribution < 1.29 is 14.6 Å². The van der Waals surface area contributed by atoms with Crippen LogP contribution in [0.4, 0.5) is 0 Å². The molecule has 2 rings (SSSR count). The van der Waals surface area contributed by atoms with Gasteiger partial charge in [-0.1, -0.05) is 13.3 Å². The second-order valence-corrected chi connectivity index (χ2v) is 6.37. The van der Waals surface area contributed by atoms with Crippen LogP contribution in [0.25, 0.3) is 0 Å². The summed E-state index contributed by atoms with van der Waals surface area (Å²) in [5.41, 5.74) is 3.44. The summed E-state index contributed by atoms with van der Waals surface area (Å²) in [6.45, 7) is 6.79. The molecule has 0 amide bonds. The first kappa shape index (κ1) is 15.4. The van der Waals surface area contributed by atoms with Gasteiger partial charge < -0.3 is 9.84 Å². The number of carbonyl (C=O) groups is 1. The fourth-order valence-corrected chi connectivity index (χ4v) is 3.93. The number of ether oxygens (including phenoxy) is 1. The van der Waals surface area contributed by atoms with Crippen molar-refractivity contribution in [3.63, 3.8) is 0 Å². The van der Waals surface area contributed by atoms with Crippen LogP contribution >= 0.6 is 11.8 Å². The predicted octanol–water partition coefficient (Wildman–Crippen LogP) is 4.36. The van der Waals surface area contributed by atoms with Gasteiger partial charge in [0.15, 0.2) is 0 Å². The van der Waals surface area contributed by atoms with E-state index >= 15 is 0 Å². The van der Waals surface area contributed by atoms with E-state index in [0.717, 1.165) is 48.3 Å². The van der Waals surface area contributed by atoms with Crippen molar-refractivity contribution in [2.75, 3.05) is 12.4 Å². The molecule has 0 aliphatic carbocycles. The van der Waals surface area contributed by atoms with Crippen LogP contribution in [0.15, 0.2) is 11.0 Å². The number of hydrogen-bond acceptors (Lipinski definition) is 3. The topological polar surface area (TPSA) is 46.5 Å². The summed E-state index contributed by atoms with van der Waals surface area (Å²) in [6, 6.07) is 1.79. The van der Waals surface area contributed by atoms with Gasteiger partial charge in [-0.05, 0) is 49.4 Å². The predicted molar refractivity (Wildman–Crippen MR) is 81.8 cm³/mol. The van der Waals surface area contributed by atoms with Crippen LogP contribution in [0.2, 0.25) is 0 Å². The Balaban J connectivity index is 2.40. The van der Waals surface area contributed by atoms with Gasteiger partial charge in [-0.3, -0.25) is 0 Å². The maximum absolute atomic E-state index is 11.4. The summed E-state index contributed by atoms with van der Waals surface area (Å²) in [7, 11) is 0. The number of benzene rings is 1. The van der Waals surface area contributed by atoms with E-state index in [-0.39, 0.29) is 6.10 Å².